The average molecular weight is 279 g/mol. The van der Waals surface area contributed by atoms with Crippen LogP contribution in [-0.4, -0.2) is 19.3 Å². The quantitative estimate of drug-likeness (QED) is 0.616. The summed E-state index contributed by atoms with van der Waals surface area (Å²) in [6.07, 6.45) is 5.81. The van der Waals surface area contributed by atoms with E-state index in [4.69, 9.17) is 0 Å². The number of allylic oxidation sites excluding steroid dienone is 1. The van der Waals surface area contributed by atoms with Gasteiger partial charge in [0.05, 0.1) is 19.2 Å². The van der Waals surface area contributed by atoms with Crippen molar-refractivity contribution in [2.75, 3.05) is 7.11 Å². The first kappa shape index (κ1) is 14.7. The van der Waals surface area contributed by atoms with Crippen LogP contribution in [0.3, 0.4) is 0 Å². The number of para-hydroxylation sites is 1. The molecule has 2 aromatic carbocycles. The molecule has 2 aromatic rings. The molecule has 0 radical (unpaired) electrons. The standard InChI is InChI=1S/C18H17NO2/c1-21-18(20)14-16-11-5-6-12-17(16)19-13-7-10-15-8-3-2-4-9-15/h2-13H,14H2,1H3/b10-7+,19-13?. The molecule has 0 spiro atoms. The highest BCUT2D eigenvalue weighted by Crippen LogP contribution is 2.19. The SMILES string of the molecule is COC(=O)Cc1ccccc1N=C/C=C/c1ccccc1. The third-order valence-corrected chi connectivity index (χ3v) is 2.94. The molecule has 0 aliphatic carbocycles. The van der Waals surface area contributed by atoms with Gasteiger partial charge in [-0.15, -0.1) is 0 Å². The average Bonchev–Trinajstić information content (AvgIpc) is 2.54. The number of benzene rings is 2. The lowest BCUT2D eigenvalue weighted by molar-refractivity contribution is -0.139. The van der Waals surface area contributed by atoms with Crippen LogP contribution in [0.5, 0.6) is 0 Å². The van der Waals surface area contributed by atoms with E-state index in [0.29, 0.717) is 0 Å². The minimum absolute atomic E-state index is 0.229. The second kappa shape index (κ2) is 7.80. The predicted molar refractivity (Wildman–Crippen MR) is 85.8 cm³/mol. The Labute approximate surface area is 124 Å². The van der Waals surface area contributed by atoms with E-state index in [9.17, 15) is 4.79 Å². The van der Waals surface area contributed by atoms with Crippen molar-refractivity contribution >= 4 is 23.9 Å². The van der Waals surface area contributed by atoms with Crippen molar-refractivity contribution in [2.24, 2.45) is 4.99 Å². The van der Waals surface area contributed by atoms with Crippen LogP contribution in [0.25, 0.3) is 6.08 Å². The summed E-state index contributed by atoms with van der Waals surface area (Å²) < 4.78 is 4.69. The smallest absolute Gasteiger partial charge is 0.310 e. The van der Waals surface area contributed by atoms with E-state index < -0.39 is 0 Å². The Kier molecular flexibility index (Phi) is 5.47. The fourth-order valence-corrected chi connectivity index (χ4v) is 1.86. The van der Waals surface area contributed by atoms with E-state index >= 15 is 0 Å². The molecule has 106 valence electrons. The molecule has 3 heteroatoms. The number of hydrogen-bond donors (Lipinski definition) is 0. The molecule has 0 atom stereocenters. The van der Waals surface area contributed by atoms with Crippen molar-refractivity contribution in [3.63, 3.8) is 0 Å². The third kappa shape index (κ3) is 4.73. The lowest BCUT2D eigenvalue weighted by atomic mass is 10.1. The van der Waals surface area contributed by atoms with Crippen LogP contribution < -0.4 is 0 Å². The summed E-state index contributed by atoms with van der Waals surface area (Å²) in [6.45, 7) is 0. The summed E-state index contributed by atoms with van der Waals surface area (Å²) in [5.41, 5.74) is 2.75. The van der Waals surface area contributed by atoms with Crippen LogP contribution in [0.1, 0.15) is 11.1 Å². The Hall–Kier alpha value is -2.68. The van der Waals surface area contributed by atoms with Gasteiger partial charge in [0.2, 0.25) is 0 Å². The van der Waals surface area contributed by atoms with Crippen molar-refractivity contribution in [3.8, 4) is 0 Å². The zero-order chi connectivity index (χ0) is 14.9. The molecule has 0 unspecified atom stereocenters. The van der Waals surface area contributed by atoms with E-state index in [1.54, 1.807) is 6.21 Å². The largest absolute Gasteiger partial charge is 0.469 e. The maximum absolute atomic E-state index is 11.4. The van der Waals surface area contributed by atoms with Crippen LogP contribution in [0, 0.1) is 0 Å². The molecule has 0 bridgehead atoms. The van der Waals surface area contributed by atoms with Crippen LogP contribution >= 0.6 is 0 Å². The highest BCUT2D eigenvalue weighted by atomic mass is 16.5. The van der Waals surface area contributed by atoms with Gasteiger partial charge in [0, 0.05) is 6.21 Å². The molecule has 0 amide bonds. The maximum Gasteiger partial charge on any atom is 0.310 e. The lowest BCUT2D eigenvalue weighted by Crippen LogP contribution is -2.04. The molecule has 0 N–H and O–H groups in total. The van der Waals surface area contributed by atoms with E-state index in [0.717, 1.165) is 16.8 Å². The number of carbonyl (C=O) groups excluding carboxylic acids is 1. The van der Waals surface area contributed by atoms with Crippen molar-refractivity contribution in [2.45, 2.75) is 6.42 Å². The van der Waals surface area contributed by atoms with E-state index in [1.807, 2.05) is 66.7 Å². The minimum atomic E-state index is -0.266. The highest BCUT2D eigenvalue weighted by molar-refractivity contribution is 5.82. The monoisotopic (exact) mass is 279 g/mol. The summed E-state index contributed by atoms with van der Waals surface area (Å²) in [4.78, 5) is 15.7. The Morgan fingerprint density at radius 2 is 1.81 bits per heavy atom. The number of rotatable bonds is 5. The van der Waals surface area contributed by atoms with Gasteiger partial charge < -0.3 is 4.74 Å². The number of ether oxygens (including phenoxy) is 1. The molecule has 21 heavy (non-hydrogen) atoms. The molecular weight excluding hydrogens is 262 g/mol. The van der Waals surface area contributed by atoms with Crippen molar-refractivity contribution in [3.05, 3.63) is 71.8 Å². The lowest BCUT2D eigenvalue weighted by Gasteiger charge is -2.03. The van der Waals surface area contributed by atoms with E-state index in [2.05, 4.69) is 9.73 Å². The molecule has 0 heterocycles. The number of esters is 1. The summed E-state index contributed by atoms with van der Waals surface area (Å²) in [6, 6.07) is 17.5. The first-order valence-electron chi connectivity index (χ1n) is 6.70. The van der Waals surface area contributed by atoms with Gasteiger partial charge in [-0.25, -0.2) is 0 Å². The predicted octanol–water partition coefficient (Wildman–Crippen LogP) is 3.82. The maximum atomic E-state index is 11.4. The van der Waals surface area contributed by atoms with Crippen LogP contribution in [0.15, 0.2) is 65.7 Å². The topological polar surface area (TPSA) is 38.7 Å². The molecule has 3 nitrogen and oxygen atoms in total. The van der Waals surface area contributed by atoms with Crippen molar-refractivity contribution in [1.29, 1.82) is 0 Å². The Morgan fingerprint density at radius 1 is 1.10 bits per heavy atom. The van der Waals surface area contributed by atoms with Gasteiger partial charge in [0.15, 0.2) is 0 Å². The van der Waals surface area contributed by atoms with Gasteiger partial charge in [-0.05, 0) is 23.3 Å². The van der Waals surface area contributed by atoms with Crippen LogP contribution in [0.4, 0.5) is 5.69 Å². The molecule has 0 fully saturated rings. The fraction of sp³-hybridized carbons (Fsp3) is 0.111. The summed E-state index contributed by atoms with van der Waals surface area (Å²) in [7, 11) is 1.39. The zero-order valence-corrected chi connectivity index (χ0v) is 11.9. The number of aliphatic imine (C=N–C) groups is 1. The van der Waals surface area contributed by atoms with Gasteiger partial charge >= 0.3 is 5.97 Å². The number of hydrogen-bond acceptors (Lipinski definition) is 3. The number of carbonyl (C=O) groups is 1. The molecular formula is C18H17NO2. The molecule has 0 saturated carbocycles. The Balaban J connectivity index is 2.07. The second-order valence-electron chi connectivity index (χ2n) is 4.43. The second-order valence-corrected chi connectivity index (χ2v) is 4.43. The van der Waals surface area contributed by atoms with E-state index in [-0.39, 0.29) is 12.4 Å². The van der Waals surface area contributed by atoms with Gasteiger partial charge in [0.25, 0.3) is 0 Å². The fourth-order valence-electron chi connectivity index (χ4n) is 1.86. The minimum Gasteiger partial charge on any atom is -0.469 e. The van der Waals surface area contributed by atoms with Gasteiger partial charge in [0.1, 0.15) is 0 Å². The summed E-state index contributed by atoms with van der Waals surface area (Å²) in [5.74, 6) is -0.266. The Morgan fingerprint density at radius 3 is 2.57 bits per heavy atom. The molecule has 0 aliphatic rings. The van der Waals surface area contributed by atoms with Gasteiger partial charge in [-0.1, -0.05) is 54.6 Å². The Bertz CT molecular complexity index is 645. The number of methoxy groups -OCH3 is 1. The van der Waals surface area contributed by atoms with Gasteiger partial charge in [-0.3, -0.25) is 9.79 Å². The number of nitrogens with zero attached hydrogens (tertiary/aromatic N) is 1. The van der Waals surface area contributed by atoms with Crippen molar-refractivity contribution < 1.29 is 9.53 Å². The van der Waals surface area contributed by atoms with E-state index in [1.165, 1.54) is 7.11 Å². The first-order chi connectivity index (χ1) is 10.3. The van der Waals surface area contributed by atoms with Crippen LogP contribution in [-0.2, 0) is 16.0 Å². The molecule has 2 rings (SSSR count). The van der Waals surface area contributed by atoms with Crippen molar-refractivity contribution in [1.82, 2.24) is 0 Å². The first-order valence-corrected chi connectivity index (χ1v) is 6.70. The molecule has 0 aliphatic heterocycles. The normalized spacial score (nSPS) is 11.1. The highest BCUT2D eigenvalue weighted by Gasteiger charge is 2.06. The summed E-state index contributed by atoms with van der Waals surface area (Å²) in [5, 5.41) is 0. The molecule has 0 saturated heterocycles. The molecule has 0 aromatic heterocycles. The van der Waals surface area contributed by atoms with Gasteiger partial charge in [-0.2, -0.15) is 0 Å². The summed E-state index contributed by atoms with van der Waals surface area (Å²) >= 11 is 0. The third-order valence-electron chi connectivity index (χ3n) is 2.94. The van der Waals surface area contributed by atoms with Crippen LogP contribution in [0.2, 0.25) is 0 Å². The zero-order valence-electron chi connectivity index (χ0n) is 11.9.